The third kappa shape index (κ3) is 15.2. The first kappa shape index (κ1) is 57.0. The number of aromatic nitrogens is 4. The van der Waals surface area contributed by atoms with Crippen LogP contribution in [0, 0.1) is 18.2 Å². The van der Waals surface area contributed by atoms with E-state index in [1.807, 2.05) is 67.7 Å². The van der Waals surface area contributed by atoms with Crippen molar-refractivity contribution >= 4 is 64.0 Å². The van der Waals surface area contributed by atoms with E-state index >= 15 is 0 Å². The molecule has 0 bridgehead atoms. The van der Waals surface area contributed by atoms with Crippen molar-refractivity contribution in [3.63, 3.8) is 0 Å². The largest absolute Gasteiger partial charge is 0.482 e. The molecule has 18 nitrogen and oxygen atoms in total. The van der Waals surface area contributed by atoms with Gasteiger partial charge >= 0.3 is 0 Å². The van der Waals surface area contributed by atoms with Crippen molar-refractivity contribution in [2.45, 2.75) is 104 Å². The number of carbonyl (C=O) groups excluding carboxylic acids is 4. The van der Waals surface area contributed by atoms with Crippen LogP contribution < -0.4 is 21.1 Å². The molecule has 4 amide bonds. The van der Waals surface area contributed by atoms with E-state index in [2.05, 4.69) is 25.7 Å². The van der Waals surface area contributed by atoms with Gasteiger partial charge in [-0.2, -0.15) is 5.10 Å². The van der Waals surface area contributed by atoms with Gasteiger partial charge in [0.1, 0.15) is 24.0 Å². The highest BCUT2D eigenvalue weighted by atomic mass is 35.5. The van der Waals surface area contributed by atoms with Crippen molar-refractivity contribution < 1.29 is 47.6 Å². The lowest BCUT2D eigenvalue weighted by Gasteiger charge is -2.35. The number of nitrogen functional groups attached to an aromatic ring is 1. The van der Waals surface area contributed by atoms with E-state index in [-0.39, 0.29) is 104 Å². The number of β-amino-alcohol motifs (C(OH)–C–C–N with tert-alkyl or cyclic N) is 1. The Kier molecular flexibility index (Phi) is 20.0. The highest BCUT2D eigenvalue weighted by molar-refractivity contribution is 7.13. The summed E-state index contributed by atoms with van der Waals surface area (Å²) in [5.41, 5.74) is 12.0. The molecule has 7 rings (SSSR count). The summed E-state index contributed by atoms with van der Waals surface area (Å²) in [6.07, 6.45) is 5.49. The summed E-state index contributed by atoms with van der Waals surface area (Å²) >= 11 is 14.1. The number of hydrogen-bond acceptors (Lipinski definition) is 14. The second-order valence-corrected chi connectivity index (χ2v) is 21.4. The van der Waals surface area contributed by atoms with Gasteiger partial charge in [0.25, 0.3) is 0 Å². The van der Waals surface area contributed by atoms with Crippen LogP contribution >= 0.6 is 34.5 Å². The number of likely N-dealkylation sites (tertiary alicyclic amines) is 2. The molecule has 2 aliphatic heterocycles. The second kappa shape index (κ2) is 26.3. The average Bonchev–Trinajstić information content (AvgIpc) is 4.16. The molecule has 0 spiro atoms. The predicted octanol–water partition coefficient (Wildman–Crippen LogP) is 7.35. The van der Waals surface area contributed by atoms with Crippen LogP contribution in [0.3, 0.4) is 0 Å². The number of nitrogens with two attached hydrogens (primary N) is 1. The minimum absolute atomic E-state index is 0.00162. The van der Waals surface area contributed by atoms with Crippen molar-refractivity contribution in [1.29, 1.82) is 0 Å². The molecule has 0 radical (unpaired) electrons. The molecule has 404 valence electrons. The van der Waals surface area contributed by atoms with Crippen LogP contribution in [0.2, 0.25) is 10.0 Å². The second-order valence-electron chi connectivity index (χ2n) is 19.7. The molecule has 0 aliphatic carbocycles. The Hall–Kier alpha value is -5.74. The fraction of sp³-hybridized carbons (Fsp3) is 0.491. The summed E-state index contributed by atoms with van der Waals surface area (Å²) in [4.78, 5) is 66.4. The summed E-state index contributed by atoms with van der Waals surface area (Å²) in [5.74, 6) is -1.35. The van der Waals surface area contributed by atoms with Crippen molar-refractivity contribution in [1.82, 2.24) is 40.2 Å². The zero-order valence-electron chi connectivity index (χ0n) is 42.9. The van der Waals surface area contributed by atoms with Crippen LogP contribution in [0.4, 0.5) is 10.2 Å². The summed E-state index contributed by atoms with van der Waals surface area (Å²) in [6.45, 7) is 12.0. The van der Waals surface area contributed by atoms with Crippen LogP contribution in [0.1, 0.15) is 88.8 Å². The predicted molar refractivity (Wildman–Crippen MR) is 284 cm³/mol. The van der Waals surface area contributed by atoms with Crippen molar-refractivity contribution in [2.24, 2.45) is 5.41 Å². The number of carbonyl (C=O) groups is 4. The lowest BCUT2D eigenvalue weighted by atomic mass is 9.85. The van der Waals surface area contributed by atoms with E-state index in [4.69, 9.17) is 47.9 Å². The Balaban J connectivity index is 0.740. The third-order valence-electron chi connectivity index (χ3n) is 13.2. The maximum atomic E-state index is 14.2. The number of piperidine rings is 1. The number of benzene rings is 2. The fourth-order valence-electron chi connectivity index (χ4n) is 8.98. The lowest BCUT2D eigenvalue weighted by Crippen LogP contribution is -2.57. The molecule has 2 saturated heterocycles. The van der Waals surface area contributed by atoms with Gasteiger partial charge < -0.3 is 50.2 Å². The Morgan fingerprint density at radius 2 is 1.60 bits per heavy atom. The molecule has 5 heterocycles. The molecule has 3 aromatic heterocycles. The first-order chi connectivity index (χ1) is 35.9. The Bertz CT molecular complexity index is 2750. The standard InChI is InChI=1S/C53H66Cl2FN9O9S/c1-32-48(75-31-60-32)35-8-6-34(7-9-35)26-59-51(69)42-25-39(66)30-64(42)52(70)49(53(3,4)5)62-44(67)14-18-71-20-22-73-23-21-72-19-15-45(68)63-16-12-38(13-17-63)65-29-37(28-61-65)36-24-43(50(57)58-27-36)74-33(2)46-40(54)10-11-41(56)47(46)55/h6-11,24,27-29,31,33,38-39,42,49,66H,12-23,25-26,30H2,1-5H3,(H2,57,58)(H,59,69)(H,62,67)/t33-,39-,42+,49-/m1/s1. The number of hydrogen-bond donors (Lipinski definition) is 4. The van der Waals surface area contributed by atoms with E-state index in [0.717, 1.165) is 45.7 Å². The molecule has 2 aliphatic rings. The van der Waals surface area contributed by atoms with Crippen LogP contribution in [0.15, 0.2) is 66.6 Å². The quantitative estimate of drug-likeness (QED) is 0.0371. The number of halogens is 3. The van der Waals surface area contributed by atoms with Crippen LogP contribution in [0.25, 0.3) is 21.6 Å². The SMILES string of the molecule is Cc1ncsc1-c1ccc(CNC(=O)[C@@H]2C[C@@H](O)CN2C(=O)[C@@H](NC(=O)CCOCCOCCOCCC(=O)N2CCC(n3cc(-c4cnc(N)c(O[C@H](C)c5c(Cl)ccc(F)c5Cl)c4)cn3)CC2)C(C)(C)C)cc1. The maximum Gasteiger partial charge on any atom is 0.246 e. The third-order valence-corrected chi connectivity index (χ3v) is 14.9. The summed E-state index contributed by atoms with van der Waals surface area (Å²) in [6, 6.07) is 10.5. The number of aliphatic hydroxyl groups is 1. The fourth-order valence-corrected chi connectivity index (χ4v) is 10.5. The van der Waals surface area contributed by atoms with Gasteiger partial charge in [-0.15, -0.1) is 11.3 Å². The summed E-state index contributed by atoms with van der Waals surface area (Å²) in [5, 5.41) is 21.1. The lowest BCUT2D eigenvalue weighted by molar-refractivity contribution is -0.144. The number of pyridine rings is 1. The number of nitrogens with one attached hydrogen (secondary N) is 2. The molecule has 2 fully saturated rings. The summed E-state index contributed by atoms with van der Waals surface area (Å²) in [7, 11) is 0. The smallest absolute Gasteiger partial charge is 0.246 e. The van der Waals surface area contributed by atoms with Crippen LogP contribution in [0.5, 0.6) is 5.75 Å². The minimum atomic E-state index is -0.949. The van der Waals surface area contributed by atoms with Gasteiger partial charge in [0.05, 0.1) is 85.5 Å². The molecular formula is C53H66Cl2FN9O9S. The molecule has 2 aromatic carbocycles. The van der Waals surface area contributed by atoms with E-state index < -0.39 is 41.4 Å². The Morgan fingerprint density at radius 3 is 2.27 bits per heavy atom. The number of nitrogens with zero attached hydrogens (tertiary/aromatic N) is 6. The van der Waals surface area contributed by atoms with E-state index in [0.29, 0.717) is 31.9 Å². The topological polar surface area (TPSA) is 226 Å². The van der Waals surface area contributed by atoms with Crippen molar-refractivity contribution in [3.05, 3.63) is 99.2 Å². The Morgan fingerprint density at radius 1 is 0.920 bits per heavy atom. The van der Waals surface area contributed by atoms with Crippen LogP contribution in [-0.2, 0) is 39.9 Å². The van der Waals surface area contributed by atoms with Gasteiger partial charge in [0, 0.05) is 73.1 Å². The molecule has 22 heteroatoms. The normalized spacial score (nSPS) is 17.0. The van der Waals surface area contributed by atoms with Gasteiger partial charge in [-0.25, -0.2) is 14.4 Å². The number of thiazole rings is 1. The zero-order chi connectivity index (χ0) is 53.8. The average molecular weight is 1100 g/mol. The van der Waals surface area contributed by atoms with Gasteiger partial charge in [0.15, 0.2) is 11.6 Å². The van der Waals surface area contributed by atoms with Gasteiger partial charge in [0.2, 0.25) is 23.6 Å². The van der Waals surface area contributed by atoms with Crippen molar-refractivity contribution in [3.8, 4) is 27.3 Å². The van der Waals surface area contributed by atoms with E-state index in [1.54, 1.807) is 42.2 Å². The first-order valence-electron chi connectivity index (χ1n) is 25.0. The van der Waals surface area contributed by atoms with E-state index in [9.17, 15) is 28.7 Å². The molecule has 0 saturated carbocycles. The van der Waals surface area contributed by atoms with Gasteiger partial charge in [-0.3, -0.25) is 23.9 Å². The number of aliphatic hydroxyl groups excluding tert-OH is 1. The maximum absolute atomic E-state index is 14.2. The van der Waals surface area contributed by atoms with Gasteiger partial charge in [-0.05, 0) is 61.4 Å². The van der Waals surface area contributed by atoms with E-state index in [1.165, 1.54) is 17.0 Å². The molecule has 4 atom stereocenters. The number of ether oxygens (including phenoxy) is 4. The molecule has 5 N–H and O–H groups in total. The monoisotopic (exact) mass is 1090 g/mol. The highest BCUT2D eigenvalue weighted by Gasteiger charge is 2.44. The minimum Gasteiger partial charge on any atom is -0.482 e. The number of amides is 4. The van der Waals surface area contributed by atoms with Crippen LogP contribution in [-0.4, -0.2) is 136 Å². The first-order valence-corrected chi connectivity index (χ1v) is 26.7. The Labute approximate surface area is 450 Å². The highest BCUT2D eigenvalue weighted by Crippen LogP contribution is 2.38. The number of aryl methyl sites for hydroxylation is 1. The summed E-state index contributed by atoms with van der Waals surface area (Å²) < 4.78 is 39.0. The van der Waals surface area contributed by atoms with Gasteiger partial charge in [-0.1, -0.05) is 68.2 Å². The molecule has 75 heavy (non-hydrogen) atoms. The molecule has 0 unspecified atom stereocenters. The molecular weight excluding hydrogens is 1030 g/mol. The zero-order valence-corrected chi connectivity index (χ0v) is 45.2. The number of rotatable bonds is 23. The van der Waals surface area contributed by atoms with Crippen molar-refractivity contribution in [2.75, 3.05) is 65.0 Å². The molecule has 5 aromatic rings. The number of anilines is 1.